The standard InChI is InChI=1S/C12H16Br2N2O/c1-12(3-2-4-17-8-12)16-7-11-10(14)5-9(13)6-15-11/h5-6,16H,2-4,7-8H2,1H3. The summed E-state index contributed by atoms with van der Waals surface area (Å²) >= 11 is 6.93. The van der Waals surface area contributed by atoms with Gasteiger partial charge in [-0.2, -0.15) is 0 Å². The molecule has 1 atom stereocenters. The molecule has 1 aliphatic heterocycles. The number of pyridine rings is 1. The Labute approximate surface area is 119 Å². The summed E-state index contributed by atoms with van der Waals surface area (Å²) in [7, 11) is 0. The zero-order valence-electron chi connectivity index (χ0n) is 9.80. The summed E-state index contributed by atoms with van der Waals surface area (Å²) in [6, 6.07) is 2.02. The Morgan fingerprint density at radius 2 is 2.35 bits per heavy atom. The minimum Gasteiger partial charge on any atom is -0.380 e. The Balaban J connectivity index is 1.97. The van der Waals surface area contributed by atoms with Gasteiger partial charge in [0.05, 0.1) is 12.3 Å². The van der Waals surface area contributed by atoms with Crippen LogP contribution in [-0.4, -0.2) is 23.7 Å². The van der Waals surface area contributed by atoms with Gasteiger partial charge in [-0.05, 0) is 57.7 Å². The highest BCUT2D eigenvalue weighted by Gasteiger charge is 2.27. The molecule has 0 bridgehead atoms. The maximum atomic E-state index is 5.52. The van der Waals surface area contributed by atoms with Crippen molar-refractivity contribution in [3.05, 3.63) is 26.9 Å². The fourth-order valence-electron chi connectivity index (χ4n) is 1.94. The van der Waals surface area contributed by atoms with Crippen LogP contribution in [0.5, 0.6) is 0 Å². The van der Waals surface area contributed by atoms with Gasteiger partial charge in [0.25, 0.3) is 0 Å². The lowest BCUT2D eigenvalue weighted by Gasteiger charge is -2.34. The SMILES string of the molecule is CC1(NCc2ncc(Br)cc2Br)CCCOC1. The van der Waals surface area contributed by atoms with Crippen molar-refractivity contribution in [2.45, 2.75) is 31.8 Å². The van der Waals surface area contributed by atoms with Gasteiger partial charge in [0.15, 0.2) is 0 Å². The van der Waals surface area contributed by atoms with Crippen LogP contribution in [0.3, 0.4) is 0 Å². The van der Waals surface area contributed by atoms with Crippen molar-refractivity contribution in [1.82, 2.24) is 10.3 Å². The minimum absolute atomic E-state index is 0.0758. The number of ether oxygens (including phenoxy) is 1. The van der Waals surface area contributed by atoms with Gasteiger partial charge in [0.1, 0.15) is 0 Å². The molecular formula is C12H16Br2N2O. The summed E-state index contributed by atoms with van der Waals surface area (Å²) in [5.74, 6) is 0. The molecule has 0 saturated carbocycles. The zero-order valence-corrected chi connectivity index (χ0v) is 13.0. The fourth-order valence-corrected chi connectivity index (χ4v) is 3.07. The van der Waals surface area contributed by atoms with Crippen molar-refractivity contribution in [2.24, 2.45) is 0 Å². The molecule has 0 radical (unpaired) electrons. The quantitative estimate of drug-likeness (QED) is 0.894. The molecule has 2 rings (SSSR count). The molecule has 2 heterocycles. The van der Waals surface area contributed by atoms with Crippen LogP contribution in [0.1, 0.15) is 25.5 Å². The smallest absolute Gasteiger partial charge is 0.0684 e. The zero-order chi connectivity index (χ0) is 12.3. The van der Waals surface area contributed by atoms with Gasteiger partial charge in [-0.15, -0.1) is 0 Å². The number of hydrogen-bond acceptors (Lipinski definition) is 3. The fraction of sp³-hybridized carbons (Fsp3) is 0.583. The van der Waals surface area contributed by atoms with Crippen LogP contribution in [0.2, 0.25) is 0 Å². The third kappa shape index (κ3) is 3.74. The second kappa shape index (κ2) is 5.78. The molecule has 1 unspecified atom stereocenters. The third-order valence-electron chi connectivity index (χ3n) is 3.00. The Kier molecular flexibility index (Phi) is 4.58. The lowest BCUT2D eigenvalue weighted by molar-refractivity contribution is 0.0276. The number of nitrogens with zero attached hydrogens (tertiary/aromatic N) is 1. The Hall–Kier alpha value is 0.0300. The summed E-state index contributed by atoms with van der Waals surface area (Å²) in [4.78, 5) is 4.40. The maximum absolute atomic E-state index is 5.52. The molecule has 17 heavy (non-hydrogen) atoms. The molecule has 0 aliphatic carbocycles. The molecular weight excluding hydrogens is 348 g/mol. The topological polar surface area (TPSA) is 34.2 Å². The molecule has 1 N–H and O–H groups in total. The van der Waals surface area contributed by atoms with E-state index in [0.29, 0.717) is 0 Å². The summed E-state index contributed by atoms with van der Waals surface area (Å²) in [6.07, 6.45) is 4.10. The first kappa shape index (κ1) is 13.5. The predicted molar refractivity (Wildman–Crippen MR) is 74.9 cm³/mol. The Bertz CT molecular complexity index is 392. The normalized spacial score (nSPS) is 24.9. The summed E-state index contributed by atoms with van der Waals surface area (Å²) < 4.78 is 7.53. The molecule has 1 saturated heterocycles. The summed E-state index contributed by atoms with van der Waals surface area (Å²) in [6.45, 7) is 4.63. The van der Waals surface area contributed by atoms with Crippen molar-refractivity contribution in [3.63, 3.8) is 0 Å². The van der Waals surface area contributed by atoms with E-state index in [0.717, 1.165) is 47.2 Å². The molecule has 3 nitrogen and oxygen atoms in total. The van der Waals surface area contributed by atoms with Crippen LogP contribution in [0.15, 0.2) is 21.2 Å². The van der Waals surface area contributed by atoms with E-state index in [1.807, 2.05) is 12.3 Å². The average Bonchev–Trinajstić information content (AvgIpc) is 2.29. The highest BCUT2D eigenvalue weighted by atomic mass is 79.9. The van der Waals surface area contributed by atoms with Crippen LogP contribution in [0.4, 0.5) is 0 Å². The van der Waals surface area contributed by atoms with Crippen molar-refractivity contribution < 1.29 is 4.74 Å². The average molecular weight is 364 g/mol. The monoisotopic (exact) mass is 362 g/mol. The van der Waals surface area contributed by atoms with Crippen molar-refractivity contribution in [3.8, 4) is 0 Å². The minimum atomic E-state index is 0.0758. The van der Waals surface area contributed by atoms with Crippen LogP contribution < -0.4 is 5.32 Å². The van der Waals surface area contributed by atoms with Crippen LogP contribution in [-0.2, 0) is 11.3 Å². The first-order valence-electron chi connectivity index (χ1n) is 5.72. The Morgan fingerprint density at radius 3 is 3.00 bits per heavy atom. The van der Waals surface area contributed by atoms with Gasteiger partial charge in [-0.25, -0.2) is 0 Å². The van der Waals surface area contributed by atoms with Crippen molar-refractivity contribution in [2.75, 3.05) is 13.2 Å². The lowest BCUT2D eigenvalue weighted by Crippen LogP contribution is -2.48. The second-order valence-corrected chi connectivity index (χ2v) is 6.42. The molecule has 1 aromatic heterocycles. The van der Waals surface area contributed by atoms with E-state index in [1.165, 1.54) is 0 Å². The molecule has 0 aromatic carbocycles. The number of nitrogens with one attached hydrogen (secondary N) is 1. The molecule has 1 aromatic rings. The third-order valence-corrected chi connectivity index (χ3v) is 4.12. The summed E-state index contributed by atoms with van der Waals surface area (Å²) in [5.41, 5.74) is 1.10. The van der Waals surface area contributed by atoms with E-state index in [9.17, 15) is 0 Å². The van der Waals surface area contributed by atoms with Crippen LogP contribution in [0, 0.1) is 0 Å². The van der Waals surface area contributed by atoms with E-state index in [-0.39, 0.29) is 5.54 Å². The van der Waals surface area contributed by atoms with Gasteiger partial charge in [-0.3, -0.25) is 4.98 Å². The number of aromatic nitrogens is 1. The highest BCUT2D eigenvalue weighted by Crippen LogP contribution is 2.22. The molecule has 5 heteroatoms. The molecule has 1 aliphatic rings. The summed E-state index contributed by atoms with van der Waals surface area (Å²) in [5, 5.41) is 3.54. The highest BCUT2D eigenvalue weighted by molar-refractivity contribution is 9.11. The first-order valence-corrected chi connectivity index (χ1v) is 7.30. The van der Waals surface area contributed by atoms with E-state index in [2.05, 4.69) is 49.1 Å². The van der Waals surface area contributed by atoms with Gasteiger partial charge in [0, 0.05) is 33.8 Å². The Morgan fingerprint density at radius 1 is 1.53 bits per heavy atom. The van der Waals surface area contributed by atoms with Crippen molar-refractivity contribution in [1.29, 1.82) is 0 Å². The van der Waals surface area contributed by atoms with E-state index in [4.69, 9.17) is 4.74 Å². The van der Waals surface area contributed by atoms with E-state index in [1.54, 1.807) is 0 Å². The first-order chi connectivity index (χ1) is 8.09. The van der Waals surface area contributed by atoms with Gasteiger partial charge < -0.3 is 10.1 Å². The van der Waals surface area contributed by atoms with E-state index < -0.39 is 0 Å². The van der Waals surface area contributed by atoms with Gasteiger partial charge >= 0.3 is 0 Å². The van der Waals surface area contributed by atoms with Crippen LogP contribution in [0.25, 0.3) is 0 Å². The molecule has 94 valence electrons. The predicted octanol–water partition coefficient (Wildman–Crippen LogP) is 3.27. The number of rotatable bonds is 3. The largest absolute Gasteiger partial charge is 0.380 e. The number of hydrogen-bond donors (Lipinski definition) is 1. The molecule has 0 amide bonds. The van der Waals surface area contributed by atoms with Gasteiger partial charge in [0.2, 0.25) is 0 Å². The van der Waals surface area contributed by atoms with E-state index >= 15 is 0 Å². The lowest BCUT2D eigenvalue weighted by atomic mass is 9.95. The van der Waals surface area contributed by atoms with Crippen LogP contribution >= 0.6 is 31.9 Å². The molecule has 1 fully saturated rings. The second-order valence-electron chi connectivity index (χ2n) is 4.65. The maximum Gasteiger partial charge on any atom is 0.0684 e. The number of halogens is 2. The van der Waals surface area contributed by atoms with Gasteiger partial charge in [-0.1, -0.05) is 0 Å². The molecule has 0 spiro atoms. The van der Waals surface area contributed by atoms with Crippen molar-refractivity contribution >= 4 is 31.9 Å².